The summed E-state index contributed by atoms with van der Waals surface area (Å²) >= 11 is 5.10. The standard InChI is InChI=1S/C9H7ClO.CH4/c10-9(11)7-6-8-4-2-1-3-5-8;/h1-7H;1H4. The summed E-state index contributed by atoms with van der Waals surface area (Å²) < 4.78 is 0. The van der Waals surface area contributed by atoms with Crippen LogP contribution in [0.25, 0.3) is 6.08 Å². The Morgan fingerprint density at radius 3 is 2.33 bits per heavy atom. The first kappa shape index (κ1) is 10.9. The van der Waals surface area contributed by atoms with Gasteiger partial charge in [-0.15, -0.1) is 0 Å². The fourth-order valence-corrected chi connectivity index (χ4v) is 0.789. The third-order valence-corrected chi connectivity index (χ3v) is 1.33. The molecule has 0 saturated heterocycles. The van der Waals surface area contributed by atoms with Crippen LogP contribution in [0, 0.1) is 0 Å². The highest BCUT2D eigenvalue weighted by Gasteiger charge is 1.85. The van der Waals surface area contributed by atoms with Crippen molar-refractivity contribution in [3.63, 3.8) is 0 Å². The Balaban J connectivity index is 0.00000121. The molecule has 0 spiro atoms. The number of allylic oxidation sites excluding steroid dienone is 1. The van der Waals surface area contributed by atoms with Gasteiger partial charge in [0, 0.05) is 0 Å². The van der Waals surface area contributed by atoms with Gasteiger partial charge in [0.15, 0.2) is 0 Å². The first-order valence-corrected chi connectivity index (χ1v) is 3.59. The van der Waals surface area contributed by atoms with E-state index in [0.29, 0.717) is 0 Å². The van der Waals surface area contributed by atoms with Crippen molar-refractivity contribution in [1.82, 2.24) is 0 Å². The second-order valence-electron chi connectivity index (χ2n) is 2.05. The summed E-state index contributed by atoms with van der Waals surface area (Å²) in [5, 5.41) is -0.450. The highest BCUT2D eigenvalue weighted by atomic mass is 35.5. The fraction of sp³-hybridized carbons (Fsp3) is 0.100. The number of carbonyl (C=O) groups excluding carboxylic acids is 1. The number of hydrogen-bond acceptors (Lipinski definition) is 1. The molecule has 0 fully saturated rings. The van der Waals surface area contributed by atoms with E-state index in [2.05, 4.69) is 0 Å². The minimum Gasteiger partial charge on any atom is -0.276 e. The summed E-state index contributed by atoms with van der Waals surface area (Å²) in [7, 11) is 0. The highest BCUT2D eigenvalue weighted by Crippen LogP contribution is 2.01. The zero-order valence-corrected chi connectivity index (χ0v) is 6.58. The Morgan fingerprint density at radius 2 is 1.83 bits per heavy atom. The first-order chi connectivity index (χ1) is 5.29. The lowest BCUT2D eigenvalue weighted by molar-refractivity contribution is -0.107. The lowest BCUT2D eigenvalue weighted by atomic mass is 10.2. The molecule has 0 aliphatic rings. The fourth-order valence-electron chi connectivity index (χ4n) is 0.726. The summed E-state index contributed by atoms with van der Waals surface area (Å²) in [6.07, 6.45) is 3.01. The van der Waals surface area contributed by atoms with Crippen LogP contribution in [0.4, 0.5) is 0 Å². The predicted octanol–water partition coefficient (Wildman–Crippen LogP) is 3.10. The van der Waals surface area contributed by atoms with E-state index >= 15 is 0 Å². The zero-order chi connectivity index (χ0) is 8.10. The predicted molar refractivity (Wildman–Crippen MR) is 53.1 cm³/mol. The van der Waals surface area contributed by atoms with Gasteiger partial charge >= 0.3 is 0 Å². The van der Waals surface area contributed by atoms with E-state index in [1.165, 1.54) is 6.08 Å². The Morgan fingerprint density at radius 1 is 1.25 bits per heavy atom. The molecule has 0 atom stereocenters. The molecule has 0 heterocycles. The van der Waals surface area contributed by atoms with Crippen LogP contribution < -0.4 is 0 Å². The average Bonchev–Trinajstić information content (AvgIpc) is 2.03. The SMILES string of the molecule is C.O=C(Cl)C=Cc1ccccc1. The largest absolute Gasteiger partial charge is 0.276 e. The van der Waals surface area contributed by atoms with E-state index in [9.17, 15) is 4.79 Å². The summed E-state index contributed by atoms with van der Waals surface area (Å²) in [4.78, 5) is 10.3. The molecule has 64 valence electrons. The smallest absolute Gasteiger partial charge is 0.245 e. The number of rotatable bonds is 2. The van der Waals surface area contributed by atoms with Gasteiger partial charge in [-0.05, 0) is 23.2 Å². The van der Waals surface area contributed by atoms with Crippen LogP contribution in [-0.4, -0.2) is 5.24 Å². The summed E-state index contributed by atoms with van der Waals surface area (Å²) in [6.45, 7) is 0. The van der Waals surface area contributed by atoms with Crippen LogP contribution in [0.2, 0.25) is 0 Å². The van der Waals surface area contributed by atoms with Gasteiger partial charge in [-0.25, -0.2) is 0 Å². The van der Waals surface area contributed by atoms with E-state index in [1.54, 1.807) is 6.08 Å². The molecule has 0 aromatic heterocycles. The van der Waals surface area contributed by atoms with Crippen molar-refractivity contribution in [3.8, 4) is 0 Å². The summed E-state index contributed by atoms with van der Waals surface area (Å²) in [5.74, 6) is 0. The molecule has 1 rings (SSSR count). The molecule has 0 radical (unpaired) electrons. The maximum Gasteiger partial charge on any atom is 0.245 e. The average molecular weight is 183 g/mol. The van der Waals surface area contributed by atoms with Gasteiger partial charge < -0.3 is 0 Å². The normalized spacial score (nSPS) is 9.42. The summed E-state index contributed by atoms with van der Waals surface area (Å²) in [6, 6.07) is 9.52. The van der Waals surface area contributed by atoms with Crippen LogP contribution in [0.15, 0.2) is 36.4 Å². The van der Waals surface area contributed by atoms with Gasteiger partial charge in [0.25, 0.3) is 0 Å². The van der Waals surface area contributed by atoms with Crippen LogP contribution in [-0.2, 0) is 4.79 Å². The molecule has 0 saturated carbocycles. The van der Waals surface area contributed by atoms with Crippen LogP contribution in [0.5, 0.6) is 0 Å². The first-order valence-electron chi connectivity index (χ1n) is 3.21. The molecule has 2 heteroatoms. The number of benzene rings is 1. The van der Waals surface area contributed by atoms with Gasteiger partial charge in [-0.2, -0.15) is 0 Å². The Bertz CT molecular complexity index is 264. The van der Waals surface area contributed by atoms with Crippen molar-refractivity contribution in [3.05, 3.63) is 42.0 Å². The molecule has 1 nitrogen and oxygen atoms in total. The molecule has 1 aromatic rings. The number of hydrogen-bond donors (Lipinski definition) is 0. The second kappa shape index (κ2) is 5.56. The maximum absolute atomic E-state index is 10.3. The maximum atomic E-state index is 10.3. The third-order valence-electron chi connectivity index (χ3n) is 1.21. The Labute approximate surface area is 77.7 Å². The molecule has 12 heavy (non-hydrogen) atoms. The van der Waals surface area contributed by atoms with Crippen molar-refractivity contribution >= 4 is 22.9 Å². The van der Waals surface area contributed by atoms with Crippen molar-refractivity contribution in [2.24, 2.45) is 0 Å². The quantitative estimate of drug-likeness (QED) is 0.508. The molecule has 0 N–H and O–H groups in total. The molecule has 0 unspecified atom stereocenters. The molecule has 0 aliphatic heterocycles. The zero-order valence-electron chi connectivity index (χ0n) is 5.83. The minimum atomic E-state index is -0.450. The van der Waals surface area contributed by atoms with Gasteiger partial charge in [-0.1, -0.05) is 43.8 Å². The van der Waals surface area contributed by atoms with Crippen molar-refractivity contribution in [2.45, 2.75) is 7.43 Å². The van der Waals surface area contributed by atoms with E-state index in [-0.39, 0.29) is 7.43 Å². The second-order valence-corrected chi connectivity index (χ2v) is 2.42. The van der Waals surface area contributed by atoms with Gasteiger partial charge in [-0.3, -0.25) is 4.79 Å². The topological polar surface area (TPSA) is 17.1 Å². The number of halogens is 1. The van der Waals surface area contributed by atoms with Crippen molar-refractivity contribution in [2.75, 3.05) is 0 Å². The molecule has 0 amide bonds. The van der Waals surface area contributed by atoms with Gasteiger partial charge in [0.2, 0.25) is 5.24 Å². The molecule has 1 aromatic carbocycles. The highest BCUT2D eigenvalue weighted by molar-refractivity contribution is 6.66. The Hall–Kier alpha value is -1.08. The molecular weight excluding hydrogens is 172 g/mol. The van der Waals surface area contributed by atoms with E-state index in [0.717, 1.165) is 5.56 Å². The van der Waals surface area contributed by atoms with Crippen molar-refractivity contribution in [1.29, 1.82) is 0 Å². The molecular formula is C10H11ClO. The molecule has 0 aliphatic carbocycles. The van der Waals surface area contributed by atoms with E-state index in [1.807, 2.05) is 30.3 Å². The minimum absolute atomic E-state index is 0. The van der Waals surface area contributed by atoms with Gasteiger partial charge in [0.1, 0.15) is 0 Å². The van der Waals surface area contributed by atoms with Crippen LogP contribution in [0.1, 0.15) is 13.0 Å². The molecule has 0 bridgehead atoms. The summed E-state index contributed by atoms with van der Waals surface area (Å²) in [5.41, 5.74) is 0.974. The Kier molecular flexibility index (Phi) is 5.06. The van der Waals surface area contributed by atoms with E-state index in [4.69, 9.17) is 11.6 Å². The van der Waals surface area contributed by atoms with Crippen LogP contribution >= 0.6 is 11.6 Å². The number of carbonyl (C=O) groups is 1. The van der Waals surface area contributed by atoms with Gasteiger partial charge in [0.05, 0.1) is 0 Å². The lowest BCUT2D eigenvalue weighted by Gasteiger charge is -1.87. The van der Waals surface area contributed by atoms with E-state index < -0.39 is 5.24 Å². The van der Waals surface area contributed by atoms with Crippen LogP contribution in [0.3, 0.4) is 0 Å². The third kappa shape index (κ3) is 3.94. The lowest BCUT2D eigenvalue weighted by Crippen LogP contribution is -1.75. The monoisotopic (exact) mass is 182 g/mol. The van der Waals surface area contributed by atoms with Crippen molar-refractivity contribution < 1.29 is 4.79 Å².